The Kier molecular flexibility index (Phi) is 4.28. The van der Waals surface area contributed by atoms with Crippen molar-refractivity contribution in [1.29, 1.82) is 0 Å². The Bertz CT molecular complexity index is 477. The van der Waals surface area contributed by atoms with Crippen molar-refractivity contribution in [2.75, 3.05) is 12.5 Å². The predicted molar refractivity (Wildman–Crippen MR) is 80.2 cm³/mol. The molecule has 0 spiro atoms. The molecule has 3 N–H and O–H groups in total. The third kappa shape index (κ3) is 3.10. The number of anilines is 1. The highest BCUT2D eigenvalue weighted by Gasteiger charge is 2.31. The topological polar surface area (TPSA) is 71.2 Å². The first kappa shape index (κ1) is 14.8. The van der Waals surface area contributed by atoms with Crippen LogP contribution in [0.3, 0.4) is 0 Å². The number of carbonyl (C=O) groups excluding carboxylic acids is 1. The minimum atomic E-state index is 0.00468. The monoisotopic (exact) mass is 276 g/mol. The predicted octanol–water partition coefficient (Wildman–Crippen LogP) is 2.41. The van der Waals surface area contributed by atoms with Gasteiger partial charge < -0.3 is 10.3 Å². The van der Waals surface area contributed by atoms with E-state index < -0.39 is 0 Å². The van der Waals surface area contributed by atoms with Crippen molar-refractivity contribution in [3.8, 4) is 0 Å². The Labute approximate surface area is 120 Å². The normalized spacial score (nSPS) is 18.6. The zero-order chi connectivity index (χ0) is 14.8. The molecule has 1 saturated carbocycles. The summed E-state index contributed by atoms with van der Waals surface area (Å²) < 4.78 is 0. The number of hydrazine groups is 1. The highest BCUT2D eigenvalue weighted by molar-refractivity contribution is 5.99. The van der Waals surface area contributed by atoms with E-state index in [1.807, 2.05) is 11.9 Å². The molecule has 5 heteroatoms. The number of nitrogens with zero attached hydrogens (tertiary/aromatic N) is 2. The van der Waals surface area contributed by atoms with Crippen LogP contribution in [0.15, 0.2) is 18.5 Å². The van der Waals surface area contributed by atoms with Crippen LogP contribution in [0.5, 0.6) is 0 Å². The van der Waals surface area contributed by atoms with Crippen LogP contribution in [-0.4, -0.2) is 28.9 Å². The number of nitrogens with one attached hydrogen (secondary N) is 1. The number of rotatable bonds is 3. The van der Waals surface area contributed by atoms with E-state index in [4.69, 9.17) is 5.84 Å². The van der Waals surface area contributed by atoms with Gasteiger partial charge in [-0.15, -0.1) is 0 Å². The molecule has 1 heterocycles. The molecule has 20 heavy (non-hydrogen) atoms. The highest BCUT2D eigenvalue weighted by Crippen LogP contribution is 2.37. The molecule has 5 nitrogen and oxygen atoms in total. The fraction of sp³-hybridized carbons (Fsp3) is 0.600. The number of pyridine rings is 1. The summed E-state index contributed by atoms with van der Waals surface area (Å²) in [7, 11) is 1.88. The van der Waals surface area contributed by atoms with Crippen molar-refractivity contribution in [1.82, 2.24) is 9.88 Å². The van der Waals surface area contributed by atoms with Gasteiger partial charge in [0.2, 0.25) is 0 Å². The summed E-state index contributed by atoms with van der Waals surface area (Å²) in [6, 6.07) is 2.02. The zero-order valence-corrected chi connectivity index (χ0v) is 12.5. The van der Waals surface area contributed by atoms with Gasteiger partial charge in [0.25, 0.3) is 5.91 Å². The lowest BCUT2D eigenvalue weighted by Crippen LogP contribution is -2.41. The first-order chi connectivity index (χ1) is 9.44. The molecule has 2 rings (SSSR count). The van der Waals surface area contributed by atoms with Gasteiger partial charge in [0, 0.05) is 19.3 Å². The third-order valence-electron chi connectivity index (χ3n) is 4.38. The summed E-state index contributed by atoms with van der Waals surface area (Å²) in [4.78, 5) is 18.4. The minimum Gasteiger partial charge on any atom is -0.339 e. The maximum atomic E-state index is 12.6. The number of hydrogen-bond acceptors (Lipinski definition) is 4. The van der Waals surface area contributed by atoms with Crippen LogP contribution in [0.1, 0.15) is 49.9 Å². The average molecular weight is 276 g/mol. The maximum absolute atomic E-state index is 12.6. The van der Waals surface area contributed by atoms with Crippen LogP contribution in [0.2, 0.25) is 0 Å². The molecule has 0 aliphatic heterocycles. The second kappa shape index (κ2) is 5.79. The fourth-order valence-corrected chi connectivity index (χ4v) is 2.82. The number of amides is 1. The molecule has 1 amide bonds. The Hall–Kier alpha value is -1.62. The van der Waals surface area contributed by atoms with E-state index in [2.05, 4.69) is 24.3 Å². The Morgan fingerprint density at radius 3 is 2.70 bits per heavy atom. The molecular formula is C15H24N4O. The van der Waals surface area contributed by atoms with Crippen LogP contribution in [0.4, 0.5) is 5.69 Å². The molecule has 0 bridgehead atoms. The van der Waals surface area contributed by atoms with E-state index in [0.29, 0.717) is 22.7 Å². The van der Waals surface area contributed by atoms with Crippen molar-refractivity contribution < 1.29 is 4.79 Å². The second-order valence-corrected chi connectivity index (χ2v) is 6.38. The lowest BCUT2D eigenvalue weighted by molar-refractivity contribution is 0.0636. The van der Waals surface area contributed by atoms with Gasteiger partial charge in [-0.3, -0.25) is 15.6 Å². The second-order valence-electron chi connectivity index (χ2n) is 6.38. The third-order valence-corrected chi connectivity index (χ3v) is 4.38. The van der Waals surface area contributed by atoms with Gasteiger partial charge in [-0.2, -0.15) is 0 Å². The van der Waals surface area contributed by atoms with E-state index in [9.17, 15) is 4.79 Å². The molecular weight excluding hydrogens is 252 g/mol. The van der Waals surface area contributed by atoms with Crippen LogP contribution < -0.4 is 11.3 Å². The van der Waals surface area contributed by atoms with E-state index >= 15 is 0 Å². The molecule has 0 radical (unpaired) electrons. The van der Waals surface area contributed by atoms with Gasteiger partial charge in [0.05, 0.1) is 17.4 Å². The first-order valence-electron chi connectivity index (χ1n) is 7.12. The number of nitrogen functional groups attached to an aromatic ring is 1. The molecule has 1 aliphatic rings. The van der Waals surface area contributed by atoms with E-state index in [0.717, 1.165) is 25.7 Å². The zero-order valence-electron chi connectivity index (χ0n) is 12.5. The molecule has 1 aromatic rings. The van der Waals surface area contributed by atoms with E-state index in [1.165, 1.54) is 0 Å². The first-order valence-corrected chi connectivity index (χ1v) is 7.12. The summed E-state index contributed by atoms with van der Waals surface area (Å²) >= 11 is 0. The van der Waals surface area contributed by atoms with Crippen molar-refractivity contribution in [2.24, 2.45) is 11.3 Å². The SMILES string of the molecule is CN(C(=O)c1ccncc1NN)C1CCC(C)(C)CC1. The number of aromatic nitrogens is 1. The van der Waals surface area contributed by atoms with Crippen molar-refractivity contribution in [3.63, 3.8) is 0 Å². The van der Waals surface area contributed by atoms with Crippen molar-refractivity contribution in [2.45, 2.75) is 45.6 Å². The maximum Gasteiger partial charge on any atom is 0.256 e. The van der Waals surface area contributed by atoms with Crippen LogP contribution >= 0.6 is 0 Å². The fourth-order valence-electron chi connectivity index (χ4n) is 2.82. The molecule has 0 saturated heterocycles. The molecule has 0 aromatic carbocycles. The van der Waals surface area contributed by atoms with Gasteiger partial charge in [-0.25, -0.2) is 0 Å². The van der Waals surface area contributed by atoms with Gasteiger partial charge in [0.1, 0.15) is 0 Å². The Morgan fingerprint density at radius 2 is 2.10 bits per heavy atom. The van der Waals surface area contributed by atoms with Gasteiger partial charge in [-0.1, -0.05) is 13.8 Å². The average Bonchev–Trinajstić information content (AvgIpc) is 2.45. The van der Waals surface area contributed by atoms with Crippen molar-refractivity contribution in [3.05, 3.63) is 24.0 Å². The van der Waals surface area contributed by atoms with Gasteiger partial charge >= 0.3 is 0 Å². The standard InChI is InChI=1S/C15H24N4O/c1-15(2)7-4-11(5-8-15)19(3)14(20)12-6-9-17-10-13(12)18-16/h6,9-11,18H,4-5,7-8,16H2,1-3H3. The number of hydrogen-bond donors (Lipinski definition) is 2. The minimum absolute atomic E-state index is 0.00468. The van der Waals surface area contributed by atoms with E-state index in [1.54, 1.807) is 18.5 Å². The largest absolute Gasteiger partial charge is 0.339 e. The van der Waals surface area contributed by atoms with Crippen LogP contribution in [0.25, 0.3) is 0 Å². The molecule has 1 fully saturated rings. The Balaban J connectivity index is 2.09. The van der Waals surface area contributed by atoms with Gasteiger partial charge in [-0.05, 0) is 37.2 Å². The molecule has 110 valence electrons. The summed E-state index contributed by atoms with van der Waals surface area (Å²) in [6.07, 6.45) is 7.63. The summed E-state index contributed by atoms with van der Waals surface area (Å²) in [5.74, 6) is 5.45. The van der Waals surface area contributed by atoms with Gasteiger partial charge in [0.15, 0.2) is 0 Å². The van der Waals surface area contributed by atoms with E-state index in [-0.39, 0.29) is 5.91 Å². The summed E-state index contributed by atoms with van der Waals surface area (Å²) in [6.45, 7) is 4.59. The van der Waals surface area contributed by atoms with Crippen LogP contribution in [-0.2, 0) is 0 Å². The number of carbonyl (C=O) groups is 1. The summed E-state index contributed by atoms with van der Waals surface area (Å²) in [5, 5.41) is 0. The highest BCUT2D eigenvalue weighted by atomic mass is 16.2. The summed E-state index contributed by atoms with van der Waals surface area (Å²) in [5.41, 5.74) is 4.09. The molecule has 0 unspecified atom stereocenters. The quantitative estimate of drug-likeness (QED) is 0.657. The lowest BCUT2D eigenvalue weighted by Gasteiger charge is -2.38. The smallest absolute Gasteiger partial charge is 0.256 e. The molecule has 0 atom stereocenters. The molecule has 1 aliphatic carbocycles. The number of nitrogens with two attached hydrogens (primary N) is 1. The lowest BCUT2D eigenvalue weighted by atomic mass is 9.75. The molecule has 1 aromatic heterocycles. The van der Waals surface area contributed by atoms with Crippen molar-refractivity contribution >= 4 is 11.6 Å². The van der Waals surface area contributed by atoms with Crippen LogP contribution in [0, 0.1) is 5.41 Å². The Morgan fingerprint density at radius 1 is 1.45 bits per heavy atom.